The molecule has 0 fully saturated rings. The van der Waals surface area contributed by atoms with E-state index >= 15 is 0 Å². The van der Waals surface area contributed by atoms with Crippen LogP contribution in [0.3, 0.4) is 0 Å². The Morgan fingerprint density at radius 3 is 0.990 bits per heavy atom. The Balaban J connectivity index is 0.844. The molecule has 6 heteroatoms. The molecule has 3 aromatic heterocycles. The highest BCUT2D eigenvalue weighted by atomic mass is 15.1. The van der Waals surface area contributed by atoms with Crippen LogP contribution in [0, 0.1) is 0 Å². The SMILES string of the molecule is c1ccc(-c2nc(-c3ccccc3)n(-c3ccc(-c4nc(-c5ccc(-n6c(-c7ccccc7)nc(-c7ccccc7)c6-c6ccccc6)cc5)c5cc(-c6ccc7c8c(cccc68)-c6ccccc6-7)cc(-c6ccc7c8c(cccc68)-c6ccccc6-7)c5n4)cc3)c2-c2ccccc2)cc1. The minimum Gasteiger partial charge on any atom is -0.292 e. The molecule has 464 valence electrons. The van der Waals surface area contributed by atoms with E-state index in [4.69, 9.17) is 19.9 Å². The van der Waals surface area contributed by atoms with Gasteiger partial charge in [-0.25, -0.2) is 19.9 Å². The van der Waals surface area contributed by atoms with Crippen molar-refractivity contribution in [3.8, 4) is 169 Å². The molecule has 15 aromatic carbocycles. The molecule has 0 saturated heterocycles. The maximum atomic E-state index is 5.90. The Labute approximate surface area is 578 Å². The second kappa shape index (κ2) is 23.2. The molecule has 20 rings (SSSR count). The summed E-state index contributed by atoms with van der Waals surface area (Å²) >= 11 is 0. The Kier molecular flexibility index (Phi) is 13.2. The smallest absolute Gasteiger partial charge is 0.160 e. The first-order chi connectivity index (χ1) is 49.6. The van der Waals surface area contributed by atoms with E-state index in [0.29, 0.717) is 5.82 Å². The zero-order valence-electron chi connectivity index (χ0n) is 54.2. The van der Waals surface area contributed by atoms with Gasteiger partial charge in [-0.15, -0.1) is 0 Å². The van der Waals surface area contributed by atoms with Gasteiger partial charge in [-0.3, -0.25) is 9.13 Å². The summed E-state index contributed by atoms with van der Waals surface area (Å²) in [5, 5.41) is 5.84. The van der Waals surface area contributed by atoms with E-state index in [9.17, 15) is 0 Å². The van der Waals surface area contributed by atoms with Crippen LogP contribution in [-0.4, -0.2) is 29.1 Å². The van der Waals surface area contributed by atoms with E-state index < -0.39 is 0 Å². The van der Waals surface area contributed by atoms with E-state index in [-0.39, 0.29) is 0 Å². The second-order valence-corrected chi connectivity index (χ2v) is 25.9. The van der Waals surface area contributed by atoms with E-state index in [1.807, 2.05) is 0 Å². The molecule has 0 unspecified atom stereocenters. The van der Waals surface area contributed by atoms with E-state index in [1.165, 1.54) is 66.1 Å². The number of aromatic nitrogens is 6. The molecule has 2 aliphatic carbocycles. The zero-order valence-corrected chi connectivity index (χ0v) is 54.2. The first kappa shape index (κ1) is 56.9. The van der Waals surface area contributed by atoms with Gasteiger partial charge in [0.1, 0.15) is 11.6 Å². The number of hydrogen-bond donors (Lipinski definition) is 0. The normalized spacial score (nSPS) is 11.8. The van der Waals surface area contributed by atoms with Gasteiger partial charge in [0.15, 0.2) is 5.82 Å². The summed E-state index contributed by atoms with van der Waals surface area (Å²) in [5.41, 5.74) is 29.9. The quantitative estimate of drug-likeness (QED) is 0.122. The average Bonchev–Trinajstić information content (AvgIpc) is 1.42. The summed E-state index contributed by atoms with van der Waals surface area (Å²) in [6.45, 7) is 0. The summed E-state index contributed by atoms with van der Waals surface area (Å²) in [6.07, 6.45) is 0. The number of fused-ring (bicyclic) bond motifs is 7. The largest absolute Gasteiger partial charge is 0.292 e. The lowest BCUT2D eigenvalue weighted by atomic mass is 9.88. The number of rotatable bonds is 12. The maximum Gasteiger partial charge on any atom is 0.160 e. The Morgan fingerprint density at radius 2 is 0.540 bits per heavy atom. The summed E-state index contributed by atoms with van der Waals surface area (Å²) < 4.78 is 4.64. The molecule has 100 heavy (non-hydrogen) atoms. The van der Waals surface area contributed by atoms with Crippen LogP contribution in [0.25, 0.3) is 201 Å². The summed E-state index contributed by atoms with van der Waals surface area (Å²) in [7, 11) is 0. The van der Waals surface area contributed by atoms with Gasteiger partial charge in [-0.1, -0.05) is 303 Å². The molecule has 3 heterocycles. The van der Waals surface area contributed by atoms with E-state index in [0.717, 1.165) is 129 Å². The molecule has 0 saturated carbocycles. The average molecular weight is 1270 g/mol. The minimum atomic E-state index is 0.607. The van der Waals surface area contributed by atoms with Crippen LogP contribution < -0.4 is 0 Å². The van der Waals surface area contributed by atoms with Crippen molar-refractivity contribution in [2.24, 2.45) is 0 Å². The highest BCUT2D eigenvalue weighted by molar-refractivity contribution is 6.22. The topological polar surface area (TPSA) is 61.4 Å². The lowest BCUT2D eigenvalue weighted by Crippen LogP contribution is -2.02. The van der Waals surface area contributed by atoms with E-state index in [1.54, 1.807) is 0 Å². The van der Waals surface area contributed by atoms with Crippen LogP contribution >= 0.6 is 0 Å². The van der Waals surface area contributed by atoms with Gasteiger partial charge < -0.3 is 0 Å². The van der Waals surface area contributed by atoms with Crippen LogP contribution in [0.2, 0.25) is 0 Å². The summed E-state index contributed by atoms with van der Waals surface area (Å²) in [4.78, 5) is 22.9. The molecular formula is C94H58N6. The Hall–Kier alpha value is -13.4. The van der Waals surface area contributed by atoms with Crippen LogP contribution in [0.15, 0.2) is 352 Å². The highest BCUT2D eigenvalue weighted by Crippen LogP contribution is 2.53. The van der Waals surface area contributed by atoms with Gasteiger partial charge in [0.25, 0.3) is 0 Å². The number of benzene rings is 15. The van der Waals surface area contributed by atoms with Gasteiger partial charge in [0.05, 0.1) is 34.0 Å². The Bertz CT molecular complexity index is 6200. The third kappa shape index (κ3) is 9.12. The molecular weight excluding hydrogens is 1210 g/mol. The number of hydrogen-bond acceptors (Lipinski definition) is 4. The number of imidazole rings is 2. The molecule has 0 atom stereocenters. The fourth-order valence-corrected chi connectivity index (χ4v) is 15.8. The van der Waals surface area contributed by atoms with Gasteiger partial charge in [0, 0.05) is 66.8 Å². The predicted molar refractivity (Wildman–Crippen MR) is 412 cm³/mol. The van der Waals surface area contributed by atoms with Crippen molar-refractivity contribution in [1.29, 1.82) is 0 Å². The van der Waals surface area contributed by atoms with Crippen molar-refractivity contribution in [1.82, 2.24) is 29.1 Å². The van der Waals surface area contributed by atoms with Crippen LogP contribution in [-0.2, 0) is 0 Å². The fraction of sp³-hybridized carbons (Fsp3) is 0. The van der Waals surface area contributed by atoms with Crippen molar-refractivity contribution < 1.29 is 0 Å². The zero-order chi connectivity index (χ0) is 65.8. The molecule has 18 aromatic rings. The van der Waals surface area contributed by atoms with Gasteiger partial charge >= 0.3 is 0 Å². The van der Waals surface area contributed by atoms with Crippen molar-refractivity contribution in [2.75, 3.05) is 0 Å². The van der Waals surface area contributed by atoms with Crippen LogP contribution in [0.5, 0.6) is 0 Å². The predicted octanol–water partition coefficient (Wildman–Crippen LogP) is 24.3. The summed E-state index contributed by atoms with van der Waals surface area (Å²) in [6, 6.07) is 126. The second-order valence-electron chi connectivity index (χ2n) is 25.9. The molecule has 0 aliphatic heterocycles. The lowest BCUT2D eigenvalue weighted by Gasteiger charge is -2.19. The molecule has 0 amide bonds. The van der Waals surface area contributed by atoms with Gasteiger partial charge in [0.2, 0.25) is 0 Å². The molecule has 0 radical (unpaired) electrons. The number of nitrogens with zero attached hydrogens (tertiary/aromatic N) is 6. The molecule has 0 N–H and O–H groups in total. The molecule has 0 spiro atoms. The van der Waals surface area contributed by atoms with Gasteiger partial charge in [-0.05, 0) is 131 Å². The first-order valence-electron chi connectivity index (χ1n) is 34.1. The first-order valence-corrected chi connectivity index (χ1v) is 34.1. The fourth-order valence-electron chi connectivity index (χ4n) is 15.8. The standard InChI is InChI=1S/C94H58N6/c1-7-25-59(26-8-1)87-90(62-29-11-3-12-30-62)99(93(97-87)65-33-15-5-16-34-65)68-49-45-61(46-50-68)86-83-58-67(70-53-55-80-73-39-21-19-37-71(73)77-42-23-41-76(70)84(77)80)57-82(75-54-56-81-74-40-22-20-38-72(74)78-43-24-44-79(75)85(78)81)89(83)96-92(95-86)64-47-51-69(52-48-64)100-91(63-31-13-4-14-32-63)88(60-27-9-2-10-28-60)98-94(100)66-35-17-6-18-36-66/h1-58H. The minimum absolute atomic E-state index is 0.607. The maximum absolute atomic E-state index is 5.90. The molecule has 0 bridgehead atoms. The Morgan fingerprint density at radius 1 is 0.190 bits per heavy atom. The van der Waals surface area contributed by atoms with Gasteiger partial charge in [-0.2, -0.15) is 0 Å². The summed E-state index contributed by atoms with van der Waals surface area (Å²) in [5.74, 6) is 2.30. The highest BCUT2D eigenvalue weighted by Gasteiger charge is 2.29. The molecule has 2 aliphatic rings. The monoisotopic (exact) mass is 1270 g/mol. The van der Waals surface area contributed by atoms with E-state index in [2.05, 4.69) is 361 Å². The van der Waals surface area contributed by atoms with Crippen molar-refractivity contribution in [2.45, 2.75) is 0 Å². The van der Waals surface area contributed by atoms with Crippen LogP contribution in [0.4, 0.5) is 0 Å². The van der Waals surface area contributed by atoms with Crippen LogP contribution in [0.1, 0.15) is 0 Å². The van der Waals surface area contributed by atoms with Crippen molar-refractivity contribution >= 4 is 32.4 Å². The third-order valence-corrected chi connectivity index (χ3v) is 20.3. The van der Waals surface area contributed by atoms with Crippen molar-refractivity contribution in [3.63, 3.8) is 0 Å². The van der Waals surface area contributed by atoms with Crippen molar-refractivity contribution in [3.05, 3.63) is 352 Å². The third-order valence-electron chi connectivity index (χ3n) is 20.3. The lowest BCUT2D eigenvalue weighted by molar-refractivity contribution is 1.07. The molecule has 6 nitrogen and oxygen atoms in total.